The molecule has 19 heavy (non-hydrogen) atoms. The summed E-state index contributed by atoms with van der Waals surface area (Å²) in [6, 6.07) is 12.3. The summed E-state index contributed by atoms with van der Waals surface area (Å²) >= 11 is 0. The third kappa shape index (κ3) is 3.68. The van der Waals surface area contributed by atoms with E-state index in [2.05, 4.69) is 4.98 Å². The van der Waals surface area contributed by atoms with Gasteiger partial charge in [0, 0.05) is 12.7 Å². The Morgan fingerprint density at radius 2 is 1.95 bits per heavy atom. The van der Waals surface area contributed by atoms with Crippen LogP contribution in [0.15, 0.2) is 42.5 Å². The summed E-state index contributed by atoms with van der Waals surface area (Å²) in [5.74, 6) is 0.837. The van der Waals surface area contributed by atoms with Crippen molar-refractivity contribution in [1.82, 2.24) is 4.98 Å². The molecule has 1 aromatic carbocycles. The largest absolute Gasteiger partial charge is 0.489 e. The van der Waals surface area contributed by atoms with E-state index < -0.39 is 0 Å². The Balaban J connectivity index is 1.88. The van der Waals surface area contributed by atoms with Gasteiger partial charge in [-0.05, 0) is 31.2 Å². The van der Waals surface area contributed by atoms with Crippen molar-refractivity contribution in [3.8, 4) is 5.75 Å². The molecule has 0 bridgehead atoms. The van der Waals surface area contributed by atoms with Crippen LogP contribution in [0.5, 0.6) is 5.75 Å². The summed E-state index contributed by atoms with van der Waals surface area (Å²) in [5, 5.41) is 0. The van der Waals surface area contributed by atoms with E-state index in [-0.39, 0.29) is 11.6 Å². The smallest absolute Gasteiger partial charge is 0.165 e. The molecule has 1 heterocycles. The predicted molar refractivity (Wildman–Crippen MR) is 74.1 cm³/mol. The third-order valence-electron chi connectivity index (χ3n) is 2.79. The fraction of sp³-hybridized carbons (Fsp3) is 0.267. The molecular formula is C15H17FN2O. The average molecular weight is 260 g/mol. The number of ether oxygens (including phenoxy) is 1. The van der Waals surface area contributed by atoms with Crippen LogP contribution in [0.2, 0.25) is 0 Å². The monoisotopic (exact) mass is 260 g/mol. The number of hydrogen-bond donors (Lipinski definition) is 0. The molecule has 0 saturated carbocycles. The van der Waals surface area contributed by atoms with Gasteiger partial charge in [0.2, 0.25) is 0 Å². The van der Waals surface area contributed by atoms with Crippen LogP contribution in [0.25, 0.3) is 0 Å². The number of hydrogen-bond acceptors (Lipinski definition) is 3. The molecule has 3 nitrogen and oxygen atoms in total. The van der Waals surface area contributed by atoms with Crippen molar-refractivity contribution in [2.75, 3.05) is 25.1 Å². The van der Waals surface area contributed by atoms with Crippen LogP contribution in [0.3, 0.4) is 0 Å². The topological polar surface area (TPSA) is 25.4 Å². The summed E-state index contributed by atoms with van der Waals surface area (Å²) in [7, 11) is 1.94. The van der Waals surface area contributed by atoms with Crippen molar-refractivity contribution in [1.29, 1.82) is 0 Å². The van der Waals surface area contributed by atoms with Gasteiger partial charge in [0.1, 0.15) is 12.4 Å². The first kappa shape index (κ1) is 13.3. The minimum Gasteiger partial charge on any atom is -0.489 e. The van der Waals surface area contributed by atoms with Gasteiger partial charge in [-0.2, -0.15) is 0 Å². The molecule has 2 rings (SSSR count). The van der Waals surface area contributed by atoms with Crippen LogP contribution in [-0.2, 0) is 0 Å². The second kappa shape index (κ2) is 6.18. The zero-order valence-electron chi connectivity index (χ0n) is 11.1. The van der Waals surface area contributed by atoms with Crippen molar-refractivity contribution < 1.29 is 9.13 Å². The summed E-state index contributed by atoms with van der Waals surface area (Å²) in [5.41, 5.74) is 0.972. The average Bonchev–Trinajstić information content (AvgIpc) is 2.41. The predicted octanol–water partition coefficient (Wildman–Crippen LogP) is 3.04. The zero-order chi connectivity index (χ0) is 13.7. The van der Waals surface area contributed by atoms with Gasteiger partial charge in [-0.3, -0.25) is 0 Å². The van der Waals surface area contributed by atoms with Gasteiger partial charge in [-0.1, -0.05) is 18.2 Å². The first-order valence-electron chi connectivity index (χ1n) is 6.19. The van der Waals surface area contributed by atoms with E-state index in [4.69, 9.17) is 4.74 Å². The maximum atomic E-state index is 13.3. The molecular weight excluding hydrogens is 243 g/mol. The molecule has 0 spiro atoms. The number of halogens is 1. The number of rotatable bonds is 5. The van der Waals surface area contributed by atoms with Gasteiger partial charge < -0.3 is 9.64 Å². The van der Waals surface area contributed by atoms with Crippen LogP contribution >= 0.6 is 0 Å². The molecule has 0 aliphatic rings. The highest BCUT2D eigenvalue weighted by Gasteiger charge is 2.04. The van der Waals surface area contributed by atoms with E-state index in [1.807, 2.05) is 37.1 Å². The number of anilines is 1. The van der Waals surface area contributed by atoms with Crippen LogP contribution in [-0.4, -0.2) is 25.2 Å². The van der Waals surface area contributed by atoms with Crippen molar-refractivity contribution in [3.05, 3.63) is 54.0 Å². The van der Waals surface area contributed by atoms with E-state index in [0.29, 0.717) is 13.2 Å². The third-order valence-corrected chi connectivity index (χ3v) is 2.79. The Labute approximate surface area is 112 Å². The van der Waals surface area contributed by atoms with Crippen molar-refractivity contribution in [3.63, 3.8) is 0 Å². The Morgan fingerprint density at radius 3 is 2.68 bits per heavy atom. The number of likely N-dealkylation sites (N-methyl/N-ethyl adjacent to an activating group) is 1. The van der Waals surface area contributed by atoms with Crippen LogP contribution < -0.4 is 9.64 Å². The second-order valence-electron chi connectivity index (χ2n) is 4.34. The van der Waals surface area contributed by atoms with Gasteiger partial charge in [-0.25, -0.2) is 9.37 Å². The standard InChI is InChI=1S/C15H17FN2O/c1-12-6-5-9-15(17-12)18(2)10-11-19-14-8-4-3-7-13(14)16/h3-9H,10-11H2,1-2H3. The van der Waals surface area contributed by atoms with Crippen LogP contribution in [0.4, 0.5) is 10.2 Å². The summed E-state index contributed by atoms with van der Waals surface area (Å²) < 4.78 is 18.8. The number of para-hydroxylation sites is 1. The molecule has 0 radical (unpaired) electrons. The molecule has 0 aliphatic carbocycles. The minimum absolute atomic E-state index is 0.285. The Hall–Kier alpha value is -2.10. The maximum absolute atomic E-state index is 13.3. The van der Waals surface area contributed by atoms with Crippen molar-refractivity contribution in [2.24, 2.45) is 0 Å². The highest BCUT2D eigenvalue weighted by molar-refractivity contribution is 5.37. The lowest BCUT2D eigenvalue weighted by Gasteiger charge is -2.18. The number of aryl methyl sites for hydroxylation is 1. The highest BCUT2D eigenvalue weighted by atomic mass is 19.1. The Bertz CT molecular complexity index is 545. The Morgan fingerprint density at radius 1 is 1.16 bits per heavy atom. The number of pyridine rings is 1. The van der Waals surface area contributed by atoms with Crippen LogP contribution in [0, 0.1) is 12.7 Å². The first-order chi connectivity index (χ1) is 9.16. The Kier molecular flexibility index (Phi) is 4.34. The molecule has 4 heteroatoms. The van der Waals surface area contributed by atoms with Gasteiger partial charge in [-0.15, -0.1) is 0 Å². The molecule has 0 N–H and O–H groups in total. The molecule has 1 aromatic heterocycles. The second-order valence-corrected chi connectivity index (χ2v) is 4.34. The zero-order valence-corrected chi connectivity index (χ0v) is 11.1. The lowest BCUT2D eigenvalue weighted by Crippen LogP contribution is -2.24. The van der Waals surface area contributed by atoms with Crippen LogP contribution in [0.1, 0.15) is 5.69 Å². The lowest BCUT2D eigenvalue weighted by molar-refractivity contribution is 0.309. The van der Waals surface area contributed by atoms with Gasteiger partial charge in [0.05, 0.1) is 6.54 Å². The molecule has 2 aromatic rings. The van der Waals surface area contributed by atoms with Crippen molar-refractivity contribution >= 4 is 5.82 Å². The molecule has 100 valence electrons. The number of aromatic nitrogens is 1. The molecule has 0 saturated heterocycles. The van der Waals surface area contributed by atoms with E-state index in [0.717, 1.165) is 11.5 Å². The molecule has 0 fully saturated rings. The van der Waals surface area contributed by atoms with E-state index in [1.54, 1.807) is 18.2 Å². The van der Waals surface area contributed by atoms with Gasteiger partial charge >= 0.3 is 0 Å². The highest BCUT2D eigenvalue weighted by Crippen LogP contribution is 2.15. The molecule has 0 unspecified atom stereocenters. The van der Waals surface area contributed by atoms with Gasteiger partial charge in [0.25, 0.3) is 0 Å². The number of benzene rings is 1. The minimum atomic E-state index is -0.334. The quantitative estimate of drug-likeness (QED) is 0.826. The van der Waals surface area contributed by atoms with Gasteiger partial charge in [0.15, 0.2) is 11.6 Å². The van der Waals surface area contributed by atoms with Crippen molar-refractivity contribution in [2.45, 2.75) is 6.92 Å². The molecule has 0 atom stereocenters. The summed E-state index contributed by atoms with van der Waals surface area (Å²) in [4.78, 5) is 6.39. The first-order valence-corrected chi connectivity index (χ1v) is 6.19. The van der Waals surface area contributed by atoms with E-state index in [1.165, 1.54) is 6.07 Å². The van der Waals surface area contributed by atoms with E-state index in [9.17, 15) is 4.39 Å². The fourth-order valence-electron chi connectivity index (χ4n) is 1.71. The lowest BCUT2D eigenvalue weighted by atomic mass is 10.3. The van der Waals surface area contributed by atoms with E-state index >= 15 is 0 Å². The molecule has 0 amide bonds. The summed E-state index contributed by atoms with van der Waals surface area (Å²) in [6.45, 7) is 3.00. The fourth-order valence-corrected chi connectivity index (χ4v) is 1.71. The SMILES string of the molecule is Cc1cccc(N(C)CCOc2ccccc2F)n1. The normalized spacial score (nSPS) is 10.3. The number of nitrogens with zero attached hydrogens (tertiary/aromatic N) is 2. The maximum Gasteiger partial charge on any atom is 0.165 e. The molecule has 0 aliphatic heterocycles. The summed E-state index contributed by atoms with van der Waals surface area (Å²) in [6.07, 6.45) is 0.